The second-order valence-corrected chi connectivity index (χ2v) is 7.05. The molecule has 3 aromatic carbocycles. The van der Waals surface area contributed by atoms with Crippen molar-refractivity contribution in [3.63, 3.8) is 0 Å². The molecule has 0 aromatic heterocycles. The summed E-state index contributed by atoms with van der Waals surface area (Å²) >= 11 is 1.78. The van der Waals surface area contributed by atoms with Crippen LogP contribution in [0.3, 0.4) is 0 Å². The lowest BCUT2D eigenvalue weighted by Gasteiger charge is -2.14. The molecule has 0 bridgehead atoms. The van der Waals surface area contributed by atoms with Crippen LogP contribution in [0.2, 0.25) is 0 Å². The molecule has 3 rings (SSSR count). The van der Waals surface area contributed by atoms with Gasteiger partial charge in [0.05, 0.1) is 0 Å². The summed E-state index contributed by atoms with van der Waals surface area (Å²) < 4.78 is 0. The quantitative estimate of drug-likeness (QED) is 0.360. The van der Waals surface area contributed by atoms with Gasteiger partial charge in [0.1, 0.15) is 7.11 Å². The number of rotatable bonds is 7. The summed E-state index contributed by atoms with van der Waals surface area (Å²) in [5.41, 5.74) is 4.21. The first-order chi connectivity index (χ1) is 13.7. The van der Waals surface area contributed by atoms with E-state index in [9.17, 15) is 4.79 Å². The van der Waals surface area contributed by atoms with E-state index in [1.54, 1.807) is 18.8 Å². The summed E-state index contributed by atoms with van der Waals surface area (Å²) in [6.45, 7) is 0. The minimum absolute atomic E-state index is 0.256. The normalized spacial score (nSPS) is 11.1. The zero-order chi connectivity index (χ0) is 19.8. The van der Waals surface area contributed by atoms with E-state index in [0.717, 1.165) is 22.4 Å². The Labute approximate surface area is 169 Å². The molecule has 4 nitrogen and oxygen atoms in total. The van der Waals surface area contributed by atoms with E-state index in [4.69, 9.17) is 4.84 Å². The van der Waals surface area contributed by atoms with Crippen LogP contribution in [0.4, 0.5) is 0 Å². The highest BCUT2D eigenvalue weighted by molar-refractivity contribution is 7.98. The number of likely N-dealkylation sites (N-methyl/N-ethyl adjacent to an activating group) is 1. The van der Waals surface area contributed by atoms with Gasteiger partial charge in [0.2, 0.25) is 0 Å². The zero-order valence-corrected chi connectivity index (χ0v) is 16.7. The number of carbonyl (C=O) groups is 1. The average Bonchev–Trinajstić information content (AvgIpc) is 2.76. The van der Waals surface area contributed by atoms with E-state index in [1.807, 2.05) is 54.6 Å². The van der Waals surface area contributed by atoms with Crippen molar-refractivity contribution in [1.82, 2.24) is 5.32 Å². The molecular formula is C23H22N2O2S. The van der Waals surface area contributed by atoms with Gasteiger partial charge < -0.3 is 10.2 Å². The first-order valence-corrected chi connectivity index (χ1v) is 9.92. The third-order valence-corrected chi connectivity index (χ3v) is 5.31. The molecule has 0 saturated carbocycles. The summed E-state index contributed by atoms with van der Waals surface area (Å²) in [4.78, 5) is 18.5. The Morgan fingerprint density at radius 3 is 2.29 bits per heavy atom. The van der Waals surface area contributed by atoms with Crippen molar-refractivity contribution >= 4 is 23.4 Å². The molecule has 0 heterocycles. The predicted molar refractivity (Wildman–Crippen MR) is 115 cm³/mol. The van der Waals surface area contributed by atoms with Gasteiger partial charge >= 0.3 is 0 Å². The smallest absolute Gasteiger partial charge is 0.273 e. The van der Waals surface area contributed by atoms with Crippen molar-refractivity contribution in [1.29, 1.82) is 0 Å². The molecule has 0 spiro atoms. The lowest BCUT2D eigenvalue weighted by atomic mass is 9.93. The van der Waals surface area contributed by atoms with Gasteiger partial charge in [-0.05, 0) is 28.8 Å². The maximum Gasteiger partial charge on any atom is 0.273 e. The second kappa shape index (κ2) is 9.76. The molecule has 0 unspecified atom stereocenters. The lowest BCUT2D eigenvalue weighted by molar-refractivity contribution is -0.114. The van der Waals surface area contributed by atoms with Crippen LogP contribution >= 0.6 is 11.8 Å². The van der Waals surface area contributed by atoms with Crippen LogP contribution in [0.25, 0.3) is 11.1 Å². The fourth-order valence-corrected chi connectivity index (χ4v) is 3.86. The van der Waals surface area contributed by atoms with Crippen LogP contribution in [0.1, 0.15) is 11.1 Å². The maximum absolute atomic E-state index is 12.4. The Kier molecular flexibility index (Phi) is 6.87. The standard InChI is InChI=1S/C23H22N2O2S/c1-24-23(26)22(25-27-2)21-15-9-8-14-20(21)19-13-7-6-10-17(19)16-28-18-11-4-3-5-12-18/h3-15H,16H2,1-2H3,(H,24,26). The van der Waals surface area contributed by atoms with Gasteiger partial charge in [0, 0.05) is 23.3 Å². The summed E-state index contributed by atoms with van der Waals surface area (Å²) in [6, 6.07) is 26.3. The van der Waals surface area contributed by atoms with Gasteiger partial charge in [0.25, 0.3) is 5.91 Å². The molecule has 1 N–H and O–H groups in total. The first kappa shape index (κ1) is 19.7. The van der Waals surface area contributed by atoms with Crippen LogP contribution in [-0.4, -0.2) is 25.8 Å². The number of hydrogen-bond donors (Lipinski definition) is 1. The van der Waals surface area contributed by atoms with Crippen LogP contribution in [0.5, 0.6) is 0 Å². The lowest BCUT2D eigenvalue weighted by Crippen LogP contribution is -2.29. The highest BCUT2D eigenvalue weighted by atomic mass is 32.2. The van der Waals surface area contributed by atoms with Crippen molar-refractivity contribution in [2.24, 2.45) is 5.16 Å². The number of oxime groups is 1. The predicted octanol–water partition coefficient (Wildman–Crippen LogP) is 4.74. The molecule has 0 aliphatic rings. The van der Waals surface area contributed by atoms with Crippen LogP contribution < -0.4 is 5.32 Å². The van der Waals surface area contributed by atoms with Gasteiger partial charge in [-0.15, -0.1) is 11.8 Å². The molecule has 142 valence electrons. The molecule has 0 radical (unpaired) electrons. The third-order valence-electron chi connectivity index (χ3n) is 4.25. The minimum atomic E-state index is -0.287. The Bertz CT molecular complexity index is 971. The zero-order valence-electron chi connectivity index (χ0n) is 15.9. The number of benzene rings is 3. The van der Waals surface area contributed by atoms with Crippen LogP contribution in [0, 0.1) is 0 Å². The molecular weight excluding hydrogens is 368 g/mol. The van der Waals surface area contributed by atoms with Gasteiger partial charge in [-0.1, -0.05) is 71.9 Å². The monoisotopic (exact) mass is 390 g/mol. The molecule has 3 aromatic rings. The van der Waals surface area contributed by atoms with Crippen molar-refractivity contribution in [2.45, 2.75) is 10.6 Å². The van der Waals surface area contributed by atoms with Gasteiger partial charge in [-0.3, -0.25) is 4.79 Å². The number of amides is 1. The number of carbonyl (C=O) groups excluding carboxylic acids is 1. The van der Waals surface area contributed by atoms with E-state index in [0.29, 0.717) is 0 Å². The topological polar surface area (TPSA) is 50.7 Å². The van der Waals surface area contributed by atoms with Gasteiger partial charge in [-0.2, -0.15) is 0 Å². The number of nitrogens with zero attached hydrogens (tertiary/aromatic N) is 1. The Morgan fingerprint density at radius 1 is 0.929 bits per heavy atom. The molecule has 28 heavy (non-hydrogen) atoms. The summed E-state index contributed by atoms with van der Waals surface area (Å²) in [5, 5.41) is 6.61. The summed E-state index contributed by atoms with van der Waals surface area (Å²) in [6.07, 6.45) is 0. The molecule has 0 fully saturated rings. The largest absolute Gasteiger partial charge is 0.398 e. The minimum Gasteiger partial charge on any atom is -0.398 e. The molecule has 0 aliphatic carbocycles. The highest BCUT2D eigenvalue weighted by Crippen LogP contribution is 2.32. The highest BCUT2D eigenvalue weighted by Gasteiger charge is 2.19. The Hall–Kier alpha value is -3.05. The SMILES string of the molecule is CNC(=O)C(=NOC)c1ccccc1-c1ccccc1CSc1ccccc1. The molecule has 0 aliphatic heterocycles. The molecule has 0 atom stereocenters. The first-order valence-electron chi connectivity index (χ1n) is 8.93. The maximum atomic E-state index is 12.4. The van der Waals surface area contributed by atoms with Crippen molar-refractivity contribution < 1.29 is 9.63 Å². The number of thioether (sulfide) groups is 1. The summed E-state index contributed by atoms with van der Waals surface area (Å²) in [5.74, 6) is 0.538. The Balaban J connectivity index is 2.01. The van der Waals surface area contributed by atoms with Gasteiger partial charge in [0.15, 0.2) is 5.71 Å². The van der Waals surface area contributed by atoms with E-state index in [1.165, 1.54) is 17.6 Å². The van der Waals surface area contributed by atoms with E-state index < -0.39 is 0 Å². The van der Waals surface area contributed by atoms with E-state index in [2.05, 4.69) is 34.7 Å². The van der Waals surface area contributed by atoms with E-state index >= 15 is 0 Å². The van der Waals surface area contributed by atoms with Gasteiger partial charge in [-0.25, -0.2) is 0 Å². The fraction of sp³-hybridized carbons (Fsp3) is 0.130. The van der Waals surface area contributed by atoms with E-state index in [-0.39, 0.29) is 11.6 Å². The Morgan fingerprint density at radius 2 is 1.57 bits per heavy atom. The fourth-order valence-electron chi connectivity index (χ4n) is 2.93. The summed E-state index contributed by atoms with van der Waals surface area (Å²) in [7, 11) is 3.02. The average molecular weight is 391 g/mol. The van der Waals surface area contributed by atoms with Crippen LogP contribution in [0.15, 0.2) is 88.9 Å². The van der Waals surface area contributed by atoms with Crippen molar-refractivity contribution in [3.05, 3.63) is 90.0 Å². The molecule has 1 amide bonds. The van der Waals surface area contributed by atoms with Crippen LogP contribution in [-0.2, 0) is 15.4 Å². The molecule has 5 heteroatoms. The second-order valence-electron chi connectivity index (χ2n) is 6.01. The van der Waals surface area contributed by atoms with Crippen molar-refractivity contribution in [2.75, 3.05) is 14.2 Å². The third kappa shape index (κ3) is 4.61. The number of hydrogen-bond acceptors (Lipinski definition) is 4. The molecule has 0 saturated heterocycles. The van der Waals surface area contributed by atoms with Crippen molar-refractivity contribution in [3.8, 4) is 11.1 Å². The number of nitrogens with one attached hydrogen (secondary N) is 1.